The average molecular weight is 325 g/mol. The number of amides is 1. The van der Waals surface area contributed by atoms with Gasteiger partial charge in [0, 0.05) is 6.54 Å². The average Bonchev–Trinajstić information content (AvgIpc) is 2.62. The summed E-state index contributed by atoms with van der Waals surface area (Å²) in [7, 11) is 0. The normalized spacial score (nSPS) is 10.8. The number of hydrogen-bond donors (Lipinski definition) is 2. The van der Waals surface area contributed by atoms with Gasteiger partial charge in [0.15, 0.2) is 0 Å². The molecule has 0 aliphatic carbocycles. The van der Waals surface area contributed by atoms with E-state index in [0.717, 1.165) is 22.3 Å². The maximum absolute atomic E-state index is 11.6. The second-order valence-electron chi connectivity index (χ2n) is 5.53. The highest BCUT2D eigenvalue weighted by Gasteiger charge is 2.01. The molecule has 0 spiro atoms. The van der Waals surface area contributed by atoms with Crippen molar-refractivity contribution in [3.05, 3.63) is 76.9 Å². The van der Waals surface area contributed by atoms with E-state index in [1.807, 2.05) is 67.6 Å². The predicted octanol–water partition coefficient (Wildman–Crippen LogP) is 3.82. The Kier molecular flexibility index (Phi) is 7.05. The fraction of sp³-hybridized carbons (Fsp3) is 0.250. The molecular weight excluding hydrogens is 302 g/mol. The van der Waals surface area contributed by atoms with Gasteiger partial charge in [0.2, 0.25) is 0 Å². The summed E-state index contributed by atoms with van der Waals surface area (Å²) in [6.45, 7) is 2.86. The van der Waals surface area contributed by atoms with Crippen LogP contribution in [0.1, 0.15) is 28.7 Å². The van der Waals surface area contributed by atoms with Gasteiger partial charge in [-0.1, -0.05) is 54.6 Å². The second kappa shape index (κ2) is 9.53. The molecule has 126 valence electrons. The standard InChI is InChI=1S/C20H23NO3/c1-16-10-11-18(14-22)13-19(16)9-5-6-12-21-20(23)24-15-17-7-3-2-4-8-17/h2-5,7-11,13,22H,6,12,14-15H2,1H3,(H,21,23). The fourth-order valence-corrected chi connectivity index (χ4v) is 2.21. The first-order valence-corrected chi connectivity index (χ1v) is 8.00. The molecule has 1 amide bonds. The van der Waals surface area contributed by atoms with Crippen molar-refractivity contribution < 1.29 is 14.6 Å². The number of carbonyl (C=O) groups is 1. The lowest BCUT2D eigenvalue weighted by Gasteiger charge is -2.06. The molecule has 0 fully saturated rings. The van der Waals surface area contributed by atoms with Crippen LogP contribution in [0.2, 0.25) is 0 Å². The predicted molar refractivity (Wildman–Crippen MR) is 95.4 cm³/mol. The molecule has 24 heavy (non-hydrogen) atoms. The van der Waals surface area contributed by atoms with Crippen molar-refractivity contribution in [1.29, 1.82) is 0 Å². The highest BCUT2D eigenvalue weighted by Crippen LogP contribution is 2.13. The molecule has 0 saturated heterocycles. The number of alkyl carbamates (subject to hydrolysis) is 1. The highest BCUT2D eigenvalue weighted by atomic mass is 16.5. The molecule has 2 aromatic rings. The van der Waals surface area contributed by atoms with Crippen LogP contribution in [0.5, 0.6) is 0 Å². The van der Waals surface area contributed by atoms with Crippen LogP contribution < -0.4 is 5.32 Å². The Morgan fingerprint density at radius 1 is 1.17 bits per heavy atom. The summed E-state index contributed by atoms with van der Waals surface area (Å²) in [6.07, 6.45) is 4.31. The van der Waals surface area contributed by atoms with E-state index in [-0.39, 0.29) is 13.2 Å². The first-order chi connectivity index (χ1) is 11.7. The minimum atomic E-state index is -0.411. The quantitative estimate of drug-likeness (QED) is 0.761. The number of hydrogen-bond acceptors (Lipinski definition) is 3. The number of aryl methyl sites for hydroxylation is 1. The zero-order valence-electron chi connectivity index (χ0n) is 13.9. The lowest BCUT2D eigenvalue weighted by Crippen LogP contribution is -2.24. The molecule has 0 saturated carbocycles. The van der Waals surface area contributed by atoms with Gasteiger partial charge >= 0.3 is 6.09 Å². The van der Waals surface area contributed by atoms with Gasteiger partial charge in [0.05, 0.1) is 6.61 Å². The van der Waals surface area contributed by atoms with Crippen LogP contribution >= 0.6 is 0 Å². The van der Waals surface area contributed by atoms with Crippen molar-refractivity contribution in [2.24, 2.45) is 0 Å². The van der Waals surface area contributed by atoms with Gasteiger partial charge in [-0.25, -0.2) is 4.79 Å². The van der Waals surface area contributed by atoms with Crippen molar-refractivity contribution in [2.75, 3.05) is 6.54 Å². The molecule has 2 N–H and O–H groups in total. The van der Waals surface area contributed by atoms with Crippen molar-refractivity contribution >= 4 is 12.2 Å². The molecule has 2 aromatic carbocycles. The lowest BCUT2D eigenvalue weighted by molar-refractivity contribution is 0.140. The Balaban J connectivity index is 1.69. The summed E-state index contributed by atoms with van der Waals surface area (Å²) in [5, 5.41) is 11.9. The van der Waals surface area contributed by atoms with Crippen LogP contribution in [-0.2, 0) is 18.0 Å². The largest absolute Gasteiger partial charge is 0.445 e. The number of ether oxygens (including phenoxy) is 1. The van der Waals surface area contributed by atoms with E-state index < -0.39 is 6.09 Å². The molecule has 0 aromatic heterocycles. The lowest BCUT2D eigenvalue weighted by atomic mass is 10.0. The van der Waals surface area contributed by atoms with Crippen LogP contribution in [-0.4, -0.2) is 17.7 Å². The molecule has 0 radical (unpaired) electrons. The summed E-state index contributed by atoms with van der Waals surface area (Å²) in [6, 6.07) is 15.4. The van der Waals surface area contributed by atoms with Crippen molar-refractivity contribution in [3.8, 4) is 0 Å². The molecule has 4 heteroatoms. The van der Waals surface area contributed by atoms with Crippen LogP contribution in [0, 0.1) is 6.92 Å². The molecular formula is C20H23NO3. The Hall–Kier alpha value is -2.59. The molecule has 0 aliphatic heterocycles. The van der Waals surface area contributed by atoms with E-state index in [9.17, 15) is 9.90 Å². The summed E-state index contributed by atoms with van der Waals surface area (Å²) < 4.78 is 5.14. The van der Waals surface area contributed by atoms with E-state index >= 15 is 0 Å². The number of rotatable bonds is 7. The monoisotopic (exact) mass is 325 g/mol. The van der Waals surface area contributed by atoms with Crippen molar-refractivity contribution in [2.45, 2.75) is 26.6 Å². The van der Waals surface area contributed by atoms with Crippen LogP contribution in [0.4, 0.5) is 4.79 Å². The first-order valence-electron chi connectivity index (χ1n) is 8.00. The van der Waals surface area contributed by atoms with Gasteiger partial charge in [0.25, 0.3) is 0 Å². The third kappa shape index (κ3) is 5.89. The Labute approximate surface area is 142 Å². The van der Waals surface area contributed by atoms with Gasteiger partial charge < -0.3 is 15.2 Å². The summed E-state index contributed by atoms with van der Waals surface area (Å²) in [5.41, 5.74) is 4.08. The number of carbonyl (C=O) groups excluding carboxylic acids is 1. The van der Waals surface area contributed by atoms with E-state index in [2.05, 4.69) is 5.32 Å². The smallest absolute Gasteiger partial charge is 0.407 e. The zero-order valence-corrected chi connectivity index (χ0v) is 13.9. The Morgan fingerprint density at radius 3 is 2.71 bits per heavy atom. The first kappa shape index (κ1) is 17.8. The SMILES string of the molecule is Cc1ccc(CO)cc1C=CCCNC(=O)OCc1ccccc1. The second-order valence-corrected chi connectivity index (χ2v) is 5.53. The topological polar surface area (TPSA) is 58.6 Å². The Morgan fingerprint density at radius 2 is 1.96 bits per heavy atom. The van der Waals surface area contributed by atoms with E-state index in [4.69, 9.17) is 4.74 Å². The Bertz CT molecular complexity index is 681. The summed E-state index contributed by atoms with van der Waals surface area (Å²) in [4.78, 5) is 11.6. The maximum atomic E-state index is 11.6. The van der Waals surface area contributed by atoms with Gasteiger partial charge in [-0.2, -0.15) is 0 Å². The number of aliphatic hydroxyl groups excluding tert-OH is 1. The maximum Gasteiger partial charge on any atom is 0.407 e. The van der Waals surface area contributed by atoms with Crippen molar-refractivity contribution in [3.63, 3.8) is 0 Å². The van der Waals surface area contributed by atoms with Gasteiger partial charge in [-0.15, -0.1) is 0 Å². The van der Waals surface area contributed by atoms with Crippen LogP contribution in [0.25, 0.3) is 6.08 Å². The van der Waals surface area contributed by atoms with Crippen molar-refractivity contribution in [1.82, 2.24) is 5.32 Å². The van der Waals surface area contributed by atoms with Crippen LogP contribution in [0.15, 0.2) is 54.6 Å². The van der Waals surface area contributed by atoms with Gasteiger partial charge in [0.1, 0.15) is 6.61 Å². The minimum absolute atomic E-state index is 0.0376. The molecule has 0 bridgehead atoms. The third-order valence-corrected chi connectivity index (χ3v) is 3.62. The number of benzene rings is 2. The molecule has 0 heterocycles. The highest BCUT2D eigenvalue weighted by molar-refractivity contribution is 5.67. The van der Waals surface area contributed by atoms with E-state index in [1.54, 1.807) is 0 Å². The molecule has 2 rings (SSSR count). The number of aliphatic hydroxyl groups is 1. The molecule has 0 unspecified atom stereocenters. The van der Waals surface area contributed by atoms with Gasteiger partial charge in [-0.3, -0.25) is 0 Å². The van der Waals surface area contributed by atoms with E-state index in [1.165, 1.54) is 0 Å². The zero-order chi connectivity index (χ0) is 17.2. The number of nitrogens with one attached hydrogen (secondary N) is 1. The molecule has 0 atom stereocenters. The van der Waals surface area contributed by atoms with E-state index in [0.29, 0.717) is 13.0 Å². The van der Waals surface area contributed by atoms with Gasteiger partial charge in [-0.05, 0) is 41.7 Å². The van der Waals surface area contributed by atoms with Crippen LogP contribution in [0.3, 0.4) is 0 Å². The third-order valence-electron chi connectivity index (χ3n) is 3.62. The minimum Gasteiger partial charge on any atom is -0.445 e. The summed E-state index contributed by atoms with van der Waals surface area (Å²) >= 11 is 0. The fourth-order valence-electron chi connectivity index (χ4n) is 2.21. The molecule has 4 nitrogen and oxygen atoms in total. The summed E-state index contributed by atoms with van der Waals surface area (Å²) in [5.74, 6) is 0. The molecule has 0 aliphatic rings.